The van der Waals surface area contributed by atoms with Gasteiger partial charge in [0.05, 0.1) is 22.2 Å². The smallest absolute Gasteiger partial charge is 0.322 e. The molecule has 39 heavy (non-hydrogen) atoms. The fourth-order valence-electron chi connectivity index (χ4n) is 5.38. The summed E-state index contributed by atoms with van der Waals surface area (Å²) in [7, 11) is 0. The van der Waals surface area contributed by atoms with E-state index in [-0.39, 0.29) is 17.5 Å². The lowest BCUT2D eigenvalue weighted by molar-refractivity contribution is -0.137. The van der Waals surface area contributed by atoms with E-state index in [9.17, 15) is 27.2 Å². The van der Waals surface area contributed by atoms with Gasteiger partial charge in [-0.05, 0) is 78.1 Å². The van der Waals surface area contributed by atoms with Crippen molar-refractivity contribution in [1.82, 2.24) is 9.97 Å². The van der Waals surface area contributed by atoms with Gasteiger partial charge in [0.25, 0.3) is 5.91 Å². The Kier molecular flexibility index (Phi) is 5.71. The predicted molar refractivity (Wildman–Crippen MR) is 136 cm³/mol. The highest BCUT2D eigenvalue weighted by Crippen LogP contribution is 2.57. The Morgan fingerprint density at radius 2 is 1.67 bits per heavy atom. The average Bonchev–Trinajstić information content (AvgIpc) is 3.18. The molecule has 0 radical (unpaired) electrons. The van der Waals surface area contributed by atoms with E-state index in [1.54, 1.807) is 24.3 Å². The number of amides is 2. The Bertz CT molecular complexity index is 1600. The molecule has 0 bridgehead atoms. The Labute approximate surface area is 220 Å². The summed E-state index contributed by atoms with van der Waals surface area (Å²) in [6.45, 7) is 0. The minimum absolute atomic E-state index is 0.151. The number of aromatic nitrogens is 2. The lowest BCUT2D eigenvalue weighted by Gasteiger charge is -2.37. The third-order valence-electron chi connectivity index (χ3n) is 7.32. The summed E-state index contributed by atoms with van der Waals surface area (Å²) in [6, 6.07) is 15.0. The van der Waals surface area contributed by atoms with Gasteiger partial charge in [0.1, 0.15) is 5.82 Å². The summed E-state index contributed by atoms with van der Waals surface area (Å²) >= 11 is 0. The van der Waals surface area contributed by atoms with Gasteiger partial charge in [0, 0.05) is 18.1 Å². The van der Waals surface area contributed by atoms with Crippen LogP contribution in [0.2, 0.25) is 0 Å². The molecule has 1 N–H and O–H groups in total. The van der Waals surface area contributed by atoms with Gasteiger partial charge in [-0.15, -0.1) is 0 Å². The zero-order valence-electron chi connectivity index (χ0n) is 20.3. The molecule has 6 rings (SSSR count). The minimum Gasteiger partial charge on any atom is -0.322 e. The molecule has 1 aromatic heterocycles. The SMILES string of the molecule is O=C(Nc1ccc(F)cc1)c1cc(-c2cccc3c2C2(CCC2)C(=O)N3c2ncccn2)ccc1C(F)(F)F. The molecule has 2 amide bonds. The van der Waals surface area contributed by atoms with Gasteiger partial charge in [-0.3, -0.25) is 9.59 Å². The molecule has 4 aromatic rings. The highest BCUT2D eigenvalue weighted by molar-refractivity contribution is 6.14. The molecular formula is C29H20F4N4O2. The highest BCUT2D eigenvalue weighted by atomic mass is 19.4. The quantitative estimate of drug-likeness (QED) is 0.299. The van der Waals surface area contributed by atoms with Crippen molar-refractivity contribution in [3.63, 3.8) is 0 Å². The first-order valence-corrected chi connectivity index (χ1v) is 12.2. The van der Waals surface area contributed by atoms with Crippen molar-refractivity contribution in [2.45, 2.75) is 30.9 Å². The van der Waals surface area contributed by atoms with E-state index < -0.39 is 34.4 Å². The van der Waals surface area contributed by atoms with Gasteiger partial charge >= 0.3 is 6.18 Å². The summed E-state index contributed by atoms with van der Waals surface area (Å²) < 4.78 is 55.1. The van der Waals surface area contributed by atoms with Crippen LogP contribution < -0.4 is 10.2 Å². The number of carbonyl (C=O) groups is 2. The summed E-state index contributed by atoms with van der Waals surface area (Å²) in [5.74, 6) is -1.49. The molecule has 1 aliphatic carbocycles. The Balaban J connectivity index is 1.49. The number of hydrogen-bond donors (Lipinski definition) is 1. The average molecular weight is 532 g/mol. The van der Waals surface area contributed by atoms with E-state index in [0.29, 0.717) is 35.2 Å². The molecule has 1 aliphatic heterocycles. The summed E-state index contributed by atoms with van der Waals surface area (Å²) in [5.41, 5.74) is -0.200. The van der Waals surface area contributed by atoms with Crippen LogP contribution in [0.25, 0.3) is 11.1 Å². The van der Waals surface area contributed by atoms with Crippen LogP contribution in [0.15, 0.2) is 79.1 Å². The lowest BCUT2D eigenvalue weighted by atomic mass is 9.63. The number of nitrogens with one attached hydrogen (secondary N) is 1. The van der Waals surface area contributed by atoms with Crippen molar-refractivity contribution < 1.29 is 27.2 Å². The number of benzene rings is 3. The molecule has 1 saturated carbocycles. The molecule has 6 nitrogen and oxygen atoms in total. The molecule has 10 heteroatoms. The van der Waals surface area contributed by atoms with Gasteiger partial charge in [-0.1, -0.05) is 24.6 Å². The van der Waals surface area contributed by atoms with Crippen LogP contribution in [0, 0.1) is 5.82 Å². The number of nitrogens with zero attached hydrogens (tertiary/aromatic N) is 3. The molecule has 2 aliphatic rings. The van der Waals surface area contributed by atoms with Gasteiger partial charge in [0.2, 0.25) is 11.9 Å². The van der Waals surface area contributed by atoms with Crippen LogP contribution in [-0.2, 0) is 16.4 Å². The van der Waals surface area contributed by atoms with Crippen molar-refractivity contribution in [2.24, 2.45) is 0 Å². The Hall–Kier alpha value is -4.60. The Morgan fingerprint density at radius 3 is 2.31 bits per heavy atom. The van der Waals surface area contributed by atoms with E-state index in [2.05, 4.69) is 15.3 Å². The minimum atomic E-state index is -4.79. The monoisotopic (exact) mass is 532 g/mol. The van der Waals surface area contributed by atoms with E-state index >= 15 is 0 Å². The van der Waals surface area contributed by atoms with Crippen LogP contribution in [0.3, 0.4) is 0 Å². The van der Waals surface area contributed by atoms with Crippen LogP contribution in [-0.4, -0.2) is 21.8 Å². The zero-order valence-corrected chi connectivity index (χ0v) is 20.3. The highest BCUT2D eigenvalue weighted by Gasteiger charge is 2.56. The number of alkyl halides is 3. The fourth-order valence-corrected chi connectivity index (χ4v) is 5.38. The van der Waals surface area contributed by atoms with Crippen LogP contribution in [0.4, 0.5) is 34.9 Å². The van der Waals surface area contributed by atoms with E-state index in [0.717, 1.165) is 24.6 Å². The standard InChI is InChI=1S/C29H20F4N4O2/c30-18-7-9-19(10-8-18)36-25(38)21-16-17(6-11-22(21)29(31,32)33)20-4-1-5-23-24(20)28(12-2-13-28)26(39)37(23)27-34-14-3-15-35-27/h1,3-11,14-16H,2,12-13H2,(H,36,38). The zero-order chi connectivity index (χ0) is 27.4. The van der Waals surface area contributed by atoms with Crippen LogP contribution in [0.1, 0.15) is 40.7 Å². The number of hydrogen-bond acceptors (Lipinski definition) is 4. The lowest BCUT2D eigenvalue weighted by Crippen LogP contribution is -2.44. The maximum absolute atomic E-state index is 13.9. The maximum Gasteiger partial charge on any atom is 0.417 e. The second-order valence-electron chi connectivity index (χ2n) is 9.54. The predicted octanol–water partition coefficient (Wildman–Crippen LogP) is 6.65. The molecule has 2 heterocycles. The molecule has 0 unspecified atom stereocenters. The number of anilines is 3. The molecule has 196 valence electrons. The first-order chi connectivity index (χ1) is 18.7. The molecule has 1 spiro atoms. The third kappa shape index (κ3) is 4.03. The van der Waals surface area contributed by atoms with Gasteiger partial charge in [-0.2, -0.15) is 13.2 Å². The van der Waals surface area contributed by atoms with Gasteiger partial charge in [-0.25, -0.2) is 19.3 Å². The van der Waals surface area contributed by atoms with Crippen LogP contribution >= 0.6 is 0 Å². The molecular weight excluding hydrogens is 512 g/mol. The molecule has 1 fully saturated rings. The van der Waals surface area contributed by atoms with E-state index in [1.807, 2.05) is 0 Å². The number of fused-ring (bicyclic) bond motifs is 2. The number of halogens is 4. The summed E-state index contributed by atoms with van der Waals surface area (Å²) in [5, 5.41) is 2.42. The van der Waals surface area contributed by atoms with Gasteiger partial charge in [0.15, 0.2) is 0 Å². The summed E-state index contributed by atoms with van der Waals surface area (Å²) in [6.07, 6.45) is 0.260. The van der Waals surface area contributed by atoms with Crippen molar-refractivity contribution in [1.29, 1.82) is 0 Å². The first-order valence-electron chi connectivity index (χ1n) is 12.2. The second kappa shape index (κ2) is 9.00. The van der Waals surface area contributed by atoms with Gasteiger partial charge < -0.3 is 5.32 Å². The number of rotatable bonds is 4. The van der Waals surface area contributed by atoms with Crippen molar-refractivity contribution in [3.05, 3.63) is 102 Å². The van der Waals surface area contributed by atoms with Crippen LogP contribution in [0.5, 0.6) is 0 Å². The fraction of sp³-hybridized carbons (Fsp3) is 0.172. The van der Waals surface area contributed by atoms with Crippen molar-refractivity contribution >= 4 is 29.1 Å². The molecule has 3 aromatic carbocycles. The van der Waals surface area contributed by atoms with Crippen molar-refractivity contribution in [3.8, 4) is 11.1 Å². The second-order valence-corrected chi connectivity index (χ2v) is 9.54. The topological polar surface area (TPSA) is 75.2 Å². The Morgan fingerprint density at radius 1 is 0.949 bits per heavy atom. The third-order valence-corrected chi connectivity index (χ3v) is 7.32. The number of carbonyl (C=O) groups excluding carboxylic acids is 2. The maximum atomic E-state index is 13.9. The van der Waals surface area contributed by atoms with Crippen molar-refractivity contribution in [2.75, 3.05) is 10.2 Å². The normalized spacial score (nSPS) is 15.7. The molecule has 0 saturated heterocycles. The largest absolute Gasteiger partial charge is 0.417 e. The summed E-state index contributed by atoms with van der Waals surface area (Å²) in [4.78, 5) is 36.8. The first kappa shape index (κ1) is 24.7. The molecule has 0 atom stereocenters. The van der Waals surface area contributed by atoms with E-state index in [4.69, 9.17) is 0 Å². The van der Waals surface area contributed by atoms with E-state index in [1.165, 1.54) is 41.6 Å².